The van der Waals surface area contributed by atoms with Crippen molar-refractivity contribution in [1.82, 2.24) is 0 Å². The molecule has 1 nitrogen and oxygen atoms in total. The number of hydrogen-bond donors (Lipinski definition) is 1. The van der Waals surface area contributed by atoms with E-state index in [2.05, 4.69) is 0 Å². The van der Waals surface area contributed by atoms with E-state index in [1.807, 2.05) is 0 Å². The minimum Gasteiger partial charge on any atom is -0.390 e. The maximum absolute atomic E-state index is 13.2. The summed E-state index contributed by atoms with van der Waals surface area (Å²) in [6.07, 6.45) is 2.55. The molecule has 0 aromatic heterocycles. The molecule has 0 bridgehead atoms. The molecule has 1 aliphatic rings. The lowest BCUT2D eigenvalue weighted by molar-refractivity contribution is -0.0329. The molecule has 0 heterocycles. The molecular weight excluding hydrogens is 186 g/mol. The fourth-order valence-corrected chi connectivity index (χ4v) is 1.79. The van der Waals surface area contributed by atoms with Crippen molar-refractivity contribution in [3.63, 3.8) is 0 Å². The molecule has 1 N–H and O–H groups in total. The average Bonchev–Trinajstić information content (AvgIpc) is 2.09. The van der Waals surface area contributed by atoms with Gasteiger partial charge >= 0.3 is 0 Å². The molecule has 2 rings (SSSR count). The smallest absolute Gasteiger partial charge is 0.126 e. The third-order valence-corrected chi connectivity index (χ3v) is 2.81. The lowest BCUT2D eigenvalue weighted by Crippen LogP contribution is -2.39. The fraction of sp³-hybridized carbons (Fsp3) is 0.455. The summed E-state index contributed by atoms with van der Waals surface area (Å²) in [6.45, 7) is 0. The zero-order chi connectivity index (χ0) is 10.2. The number of aliphatic hydroxyl groups is 1. The summed E-state index contributed by atoms with van der Waals surface area (Å²) in [4.78, 5) is 0. The largest absolute Gasteiger partial charge is 0.390 e. The molecule has 0 aliphatic heterocycles. The van der Waals surface area contributed by atoms with Gasteiger partial charge in [-0.15, -0.1) is 0 Å². The van der Waals surface area contributed by atoms with Crippen LogP contribution in [-0.2, 0) is 6.42 Å². The van der Waals surface area contributed by atoms with Crippen LogP contribution >= 0.6 is 0 Å². The Hall–Kier alpha value is -0.960. The zero-order valence-electron chi connectivity index (χ0n) is 7.76. The lowest BCUT2D eigenvalue weighted by atomic mass is 9.76. The Bertz CT molecular complexity index is 345. The molecule has 1 aromatic carbocycles. The maximum Gasteiger partial charge on any atom is 0.126 e. The molecule has 0 atom stereocenters. The highest BCUT2D eigenvalue weighted by Gasteiger charge is 2.35. The first kappa shape index (κ1) is 9.59. The van der Waals surface area contributed by atoms with E-state index in [-0.39, 0.29) is 12.0 Å². The Kier molecular flexibility index (Phi) is 2.27. The zero-order valence-corrected chi connectivity index (χ0v) is 7.76. The number of hydrogen-bond acceptors (Lipinski definition) is 1. The summed E-state index contributed by atoms with van der Waals surface area (Å²) in [7, 11) is 0. The molecule has 0 saturated heterocycles. The molecule has 1 aromatic rings. The third-order valence-electron chi connectivity index (χ3n) is 2.81. The second-order valence-corrected chi connectivity index (χ2v) is 3.99. The molecule has 14 heavy (non-hydrogen) atoms. The van der Waals surface area contributed by atoms with Crippen molar-refractivity contribution >= 4 is 0 Å². The van der Waals surface area contributed by atoms with E-state index < -0.39 is 17.2 Å². The third kappa shape index (κ3) is 1.77. The van der Waals surface area contributed by atoms with E-state index in [1.54, 1.807) is 0 Å². The van der Waals surface area contributed by atoms with Gasteiger partial charge in [0.1, 0.15) is 11.6 Å². The van der Waals surface area contributed by atoms with Crippen LogP contribution < -0.4 is 0 Å². The van der Waals surface area contributed by atoms with Gasteiger partial charge in [0, 0.05) is 6.42 Å². The second-order valence-electron chi connectivity index (χ2n) is 3.99. The number of halogens is 2. The molecule has 0 radical (unpaired) electrons. The van der Waals surface area contributed by atoms with E-state index in [0.29, 0.717) is 12.8 Å². The minimum atomic E-state index is -0.797. The first-order chi connectivity index (χ1) is 6.59. The summed E-state index contributed by atoms with van der Waals surface area (Å²) >= 11 is 0. The normalized spacial score (nSPS) is 19.1. The number of benzene rings is 1. The second kappa shape index (κ2) is 3.31. The summed E-state index contributed by atoms with van der Waals surface area (Å²) < 4.78 is 26.0. The van der Waals surface area contributed by atoms with Crippen molar-refractivity contribution in [1.29, 1.82) is 0 Å². The molecule has 1 saturated carbocycles. The molecule has 3 heteroatoms. The van der Waals surface area contributed by atoms with Gasteiger partial charge in [-0.25, -0.2) is 8.78 Å². The average molecular weight is 198 g/mol. The first-order valence-electron chi connectivity index (χ1n) is 4.75. The molecule has 0 amide bonds. The molecule has 76 valence electrons. The number of rotatable bonds is 2. The minimum absolute atomic E-state index is 0.219. The van der Waals surface area contributed by atoms with Crippen LogP contribution in [0.3, 0.4) is 0 Å². The first-order valence-corrected chi connectivity index (χ1v) is 4.75. The molecule has 1 fully saturated rings. The summed E-state index contributed by atoms with van der Waals surface area (Å²) in [5.74, 6) is -0.893. The molecule has 0 unspecified atom stereocenters. The SMILES string of the molecule is OC1(Cc2cc(F)ccc2F)CCC1. The Morgan fingerprint density at radius 2 is 2.00 bits per heavy atom. The van der Waals surface area contributed by atoms with Gasteiger partial charge in [-0.05, 0) is 43.0 Å². The van der Waals surface area contributed by atoms with Crippen LogP contribution in [0.4, 0.5) is 8.78 Å². The van der Waals surface area contributed by atoms with Gasteiger partial charge in [0.05, 0.1) is 5.60 Å². The van der Waals surface area contributed by atoms with Crippen molar-refractivity contribution in [3.05, 3.63) is 35.4 Å². The van der Waals surface area contributed by atoms with Crippen molar-refractivity contribution in [2.24, 2.45) is 0 Å². The van der Waals surface area contributed by atoms with Crippen molar-refractivity contribution in [2.45, 2.75) is 31.3 Å². The monoisotopic (exact) mass is 198 g/mol. The summed E-state index contributed by atoms with van der Waals surface area (Å²) in [6, 6.07) is 3.35. The van der Waals surface area contributed by atoms with Gasteiger partial charge < -0.3 is 5.11 Å². The summed E-state index contributed by atoms with van der Waals surface area (Å²) in [5, 5.41) is 9.79. The highest BCUT2D eigenvalue weighted by Crippen LogP contribution is 2.35. The van der Waals surface area contributed by atoms with Crippen LogP contribution in [-0.4, -0.2) is 10.7 Å². The van der Waals surface area contributed by atoms with Crippen molar-refractivity contribution in [2.75, 3.05) is 0 Å². The van der Waals surface area contributed by atoms with Crippen LogP contribution in [0.1, 0.15) is 24.8 Å². The van der Waals surface area contributed by atoms with Gasteiger partial charge in [-0.1, -0.05) is 0 Å². The van der Waals surface area contributed by atoms with Crippen LogP contribution in [0.2, 0.25) is 0 Å². The van der Waals surface area contributed by atoms with Crippen LogP contribution in [0.25, 0.3) is 0 Å². The molecule has 0 spiro atoms. The Morgan fingerprint density at radius 1 is 1.29 bits per heavy atom. The van der Waals surface area contributed by atoms with E-state index >= 15 is 0 Å². The Morgan fingerprint density at radius 3 is 2.57 bits per heavy atom. The fourth-order valence-electron chi connectivity index (χ4n) is 1.79. The highest BCUT2D eigenvalue weighted by atomic mass is 19.1. The van der Waals surface area contributed by atoms with Crippen LogP contribution in [0.15, 0.2) is 18.2 Å². The van der Waals surface area contributed by atoms with Gasteiger partial charge in [-0.2, -0.15) is 0 Å². The van der Waals surface area contributed by atoms with E-state index in [1.165, 1.54) is 0 Å². The topological polar surface area (TPSA) is 20.2 Å². The van der Waals surface area contributed by atoms with Gasteiger partial charge in [0.25, 0.3) is 0 Å². The van der Waals surface area contributed by atoms with Gasteiger partial charge in [-0.3, -0.25) is 0 Å². The predicted molar refractivity (Wildman–Crippen MR) is 48.9 cm³/mol. The Balaban J connectivity index is 2.19. The predicted octanol–water partition coefficient (Wildman–Crippen LogP) is 2.42. The van der Waals surface area contributed by atoms with Gasteiger partial charge in [0.15, 0.2) is 0 Å². The highest BCUT2D eigenvalue weighted by molar-refractivity contribution is 5.21. The van der Waals surface area contributed by atoms with Crippen LogP contribution in [0, 0.1) is 11.6 Å². The van der Waals surface area contributed by atoms with E-state index in [4.69, 9.17) is 0 Å². The molecule has 1 aliphatic carbocycles. The lowest BCUT2D eigenvalue weighted by Gasteiger charge is -2.36. The summed E-state index contributed by atoms with van der Waals surface area (Å²) in [5.41, 5.74) is -0.526. The maximum atomic E-state index is 13.2. The van der Waals surface area contributed by atoms with Crippen LogP contribution in [0.5, 0.6) is 0 Å². The Labute approximate surface area is 81.4 Å². The van der Waals surface area contributed by atoms with Crippen molar-refractivity contribution in [3.8, 4) is 0 Å². The van der Waals surface area contributed by atoms with Gasteiger partial charge in [0.2, 0.25) is 0 Å². The molecular formula is C11H12F2O. The van der Waals surface area contributed by atoms with Crippen molar-refractivity contribution < 1.29 is 13.9 Å². The standard InChI is InChI=1S/C11H12F2O/c12-9-2-3-10(13)8(6-9)7-11(14)4-1-5-11/h2-3,6,14H,1,4-5,7H2. The quantitative estimate of drug-likeness (QED) is 0.773. The van der Waals surface area contributed by atoms with E-state index in [9.17, 15) is 13.9 Å². The van der Waals surface area contributed by atoms with E-state index in [0.717, 1.165) is 24.6 Å².